The second-order valence-electron chi connectivity index (χ2n) is 6.06. The molecule has 20 heavy (non-hydrogen) atoms. The number of nitrogen functional groups attached to an aromatic ring is 1. The van der Waals surface area contributed by atoms with E-state index in [2.05, 4.69) is 24.1 Å². The number of likely N-dealkylation sites (N-methyl/N-ethyl adjacent to an activating group) is 1. The average molecular weight is 278 g/mol. The molecule has 0 atom stereocenters. The van der Waals surface area contributed by atoms with Crippen molar-refractivity contribution in [2.75, 3.05) is 45.8 Å². The fourth-order valence-electron chi connectivity index (χ4n) is 1.57. The van der Waals surface area contributed by atoms with Crippen molar-refractivity contribution < 1.29 is 4.79 Å². The van der Waals surface area contributed by atoms with E-state index >= 15 is 0 Å². The molecule has 1 aromatic rings. The molecule has 1 rings (SSSR count). The Balaban J connectivity index is 2.90. The summed E-state index contributed by atoms with van der Waals surface area (Å²) in [6, 6.07) is 5.32. The van der Waals surface area contributed by atoms with Crippen LogP contribution in [-0.2, 0) is 0 Å². The summed E-state index contributed by atoms with van der Waals surface area (Å²) < 4.78 is 0. The maximum absolute atomic E-state index is 12.0. The van der Waals surface area contributed by atoms with Crippen molar-refractivity contribution in [3.8, 4) is 0 Å². The highest BCUT2D eigenvalue weighted by molar-refractivity contribution is 5.95. The van der Waals surface area contributed by atoms with Crippen molar-refractivity contribution in [3.63, 3.8) is 0 Å². The number of nitrogens with zero attached hydrogens (tertiary/aromatic N) is 2. The molecule has 0 aliphatic carbocycles. The van der Waals surface area contributed by atoms with Gasteiger partial charge < -0.3 is 20.9 Å². The first-order valence-electron chi connectivity index (χ1n) is 6.67. The highest BCUT2D eigenvalue weighted by atomic mass is 16.2. The maximum atomic E-state index is 12.0. The van der Waals surface area contributed by atoms with Gasteiger partial charge in [0.25, 0.3) is 5.91 Å². The summed E-state index contributed by atoms with van der Waals surface area (Å²) in [7, 11) is 7.55. The van der Waals surface area contributed by atoms with E-state index in [-0.39, 0.29) is 11.4 Å². The monoisotopic (exact) mass is 278 g/mol. The molecule has 0 saturated heterocycles. The van der Waals surface area contributed by atoms with E-state index in [1.54, 1.807) is 31.1 Å². The van der Waals surface area contributed by atoms with Crippen molar-refractivity contribution in [2.24, 2.45) is 0 Å². The van der Waals surface area contributed by atoms with E-state index in [4.69, 9.17) is 5.73 Å². The van der Waals surface area contributed by atoms with Crippen LogP contribution in [0.1, 0.15) is 24.2 Å². The second kappa shape index (κ2) is 6.13. The molecule has 112 valence electrons. The summed E-state index contributed by atoms with van der Waals surface area (Å²) in [6.45, 7) is 5.03. The van der Waals surface area contributed by atoms with Crippen LogP contribution in [0.5, 0.6) is 0 Å². The van der Waals surface area contributed by atoms with Gasteiger partial charge in [-0.2, -0.15) is 0 Å². The van der Waals surface area contributed by atoms with Crippen LogP contribution < -0.4 is 11.1 Å². The van der Waals surface area contributed by atoms with Crippen LogP contribution in [0.25, 0.3) is 0 Å². The molecule has 1 aromatic carbocycles. The van der Waals surface area contributed by atoms with Crippen LogP contribution in [0.2, 0.25) is 0 Å². The summed E-state index contributed by atoms with van der Waals surface area (Å²) in [5.41, 5.74) is 8.04. The molecular formula is C15H26N4O. The van der Waals surface area contributed by atoms with Crippen molar-refractivity contribution in [3.05, 3.63) is 23.8 Å². The van der Waals surface area contributed by atoms with Crippen LogP contribution in [0.15, 0.2) is 18.2 Å². The number of carbonyl (C=O) groups is 1. The molecule has 5 nitrogen and oxygen atoms in total. The fraction of sp³-hybridized carbons (Fsp3) is 0.533. The minimum absolute atomic E-state index is 0.00595. The molecule has 0 unspecified atom stereocenters. The normalized spacial score (nSPS) is 11.6. The summed E-state index contributed by atoms with van der Waals surface area (Å²) in [5.74, 6) is -0.0279. The Kier molecular flexibility index (Phi) is 5.00. The number of rotatable bonds is 5. The highest BCUT2D eigenvalue weighted by Crippen LogP contribution is 2.22. The molecule has 0 bridgehead atoms. The van der Waals surface area contributed by atoms with Gasteiger partial charge in [0, 0.05) is 31.7 Å². The Labute approximate surface area is 121 Å². The van der Waals surface area contributed by atoms with E-state index in [1.807, 2.05) is 20.2 Å². The first kappa shape index (κ1) is 16.3. The summed E-state index contributed by atoms with van der Waals surface area (Å²) in [5, 5.41) is 3.33. The first-order valence-corrected chi connectivity index (χ1v) is 6.67. The van der Waals surface area contributed by atoms with Gasteiger partial charge in [-0.25, -0.2) is 0 Å². The summed E-state index contributed by atoms with van der Waals surface area (Å²) in [4.78, 5) is 15.7. The lowest BCUT2D eigenvalue weighted by Crippen LogP contribution is -2.44. The fourth-order valence-corrected chi connectivity index (χ4v) is 1.57. The third-order valence-electron chi connectivity index (χ3n) is 3.63. The predicted octanol–water partition coefficient (Wildman–Crippen LogP) is 1.72. The molecule has 0 heterocycles. The van der Waals surface area contributed by atoms with Gasteiger partial charge in [-0.3, -0.25) is 4.79 Å². The number of hydrogen-bond acceptors (Lipinski definition) is 4. The third-order valence-corrected chi connectivity index (χ3v) is 3.63. The Bertz CT molecular complexity index is 481. The lowest BCUT2D eigenvalue weighted by atomic mass is 10.0. The first-order chi connectivity index (χ1) is 9.15. The van der Waals surface area contributed by atoms with Gasteiger partial charge in [0.2, 0.25) is 0 Å². The quantitative estimate of drug-likeness (QED) is 0.805. The zero-order valence-electron chi connectivity index (χ0n) is 13.3. The van der Waals surface area contributed by atoms with E-state index in [1.165, 1.54) is 0 Å². The third kappa shape index (κ3) is 3.87. The van der Waals surface area contributed by atoms with Crippen LogP contribution in [0.4, 0.5) is 11.4 Å². The zero-order valence-corrected chi connectivity index (χ0v) is 13.3. The van der Waals surface area contributed by atoms with Crippen molar-refractivity contribution in [1.82, 2.24) is 9.80 Å². The predicted molar refractivity (Wildman–Crippen MR) is 85.1 cm³/mol. The van der Waals surface area contributed by atoms with Crippen LogP contribution in [-0.4, -0.2) is 56.0 Å². The van der Waals surface area contributed by atoms with Gasteiger partial charge in [-0.1, -0.05) is 0 Å². The number of amides is 1. The number of nitrogens with two attached hydrogens (primary N) is 1. The lowest BCUT2D eigenvalue weighted by molar-refractivity contribution is 0.0827. The second-order valence-corrected chi connectivity index (χ2v) is 6.06. The number of nitrogens with one attached hydrogen (secondary N) is 1. The van der Waals surface area contributed by atoms with Gasteiger partial charge >= 0.3 is 0 Å². The summed E-state index contributed by atoms with van der Waals surface area (Å²) >= 11 is 0. The lowest BCUT2D eigenvalue weighted by Gasteiger charge is -2.33. The zero-order chi connectivity index (χ0) is 15.5. The molecule has 0 aliphatic heterocycles. The number of carbonyl (C=O) groups excluding carboxylic acids is 1. The number of benzene rings is 1. The molecule has 0 fully saturated rings. The average Bonchev–Trinajstić information content (AvgIpc) is 2.36. The minimum Gasteiger partial charge on any atom is -0.397 e. The molecule has 1 amide bonds. The van der Waals surface area contributed by atoms with Gasteiger partial charge in [0.1, 0.15) is 0 Å². The highest BCUT2D eigenvalue weighted by Gasteiger charge is 2.20. The minimum atomic E-state index is -0.0279. The van der Waals surface area contributed by atoms with E-state index < -0.39 is 0 Å². The van der Waals surface area contributed by atoms with Gasteiger partial charge in [0.15, 0.2) is 0 Å². The van der Waals surface area contributed by atoms with E-state index in [9.17, 15) is 4.79 Å². The van der Waals surface area contributed by atoms with Gasteiger partial charge in [0.05, 0.1) is 11.4 Å². The Morgan fingerprint density at radius 1 is 1.25 bits per heavy atom. The SMILES string of the molecule is CN(C)C(=O)c1ccc(N)c(NCC(C)(C)N(C)C)c1. The molecule has 0 spiro atoms. The molecule has 0 radical (unpaired) electrons. The largest absolute Gasteiger partial charge is 0.397 e. The van der Waals surface area contributed by atoms with Crippen LogP contribution >= 0.6 is 0 Å². The number of hydrogen-bond donors (Lipinski definition) is 2. The standard InChI is InChI=1S/C15H26N4O/c1-15(2,19(5)6)10-17-13-9-11(7-8-12(13)16)14(20)18(3)4/h7-9,17H,10,16H2,1-6H3. The van der Waals surface area contributed by atoms with Crippen molar-refractivity contribution in [1.29, 1.82) is 0 Å². The van der Waals surface area contributed by atoms with Gasteiger partial charge in [-0.15, -0.1) is 0 Å². The molecule has 0 aromatic heterocycles. The number of anilines is 2. The van der Waals surface area contributed by atoms with Crippen LogP contribution in [0, 0.1) is 0 Å². The Morgan fingerprint density at radius 3 is 2.35 bits per heavy atom. The van der Waals surface area contributed by atoms with Gasteiger partial charge in [-0.05, 0) is 46.1 Å². The topological polar surface area (TPSA) is 61.6 Å². The molecule has 3 N–H and O–H groups in total. The smallest absolute Gasteiger partial charge is 0.253 e. The molecule has 5 heteroatoms. The molecular weight excluding hydrogens is 252 g/mol. The Morgan fingerprint density at radius 2 is 1.85 bits per heavy atom. The van der Waals surface area contributed by atoms with Crippen LogP contribution in [0.3, 0.4) is 0 Å². The summed E-state index contributed by atoms with van der Waals surface area (Å²) in [6.07, 6.45) is 0. The molecule has 0 aliphatic rings. The van der Waals surface area contributed by atoms with E-state index in [0.717, 1.165) is 12.2 Å². The van der Waals surface area contributed by atoms with Crippen molar-refractivity contribution >= 4 is 17.3 Å². The maximum Gasteiger partial charge on any atom is 0.253 e. The van der Waals surface area contributed by atoms with Crippen molar-refractivity contribution in [2.45, 2.75) is 19.4 Å². The Hall–Kier alpha value is -1.75. The van der Waals surface area contributed by atoms with E-state index in [0.29, 0.717) is 11.3 Å². The molecule has 0 saturated carbocycles.